The number of rotatable bonds is 8. The van der Waals surface area contributed by atoms with Crippen LogP contribution in [0.5, 0.6) is 5.75 Å². The van der Waals surface area contributed by atoms with Crippen LogP contribution in [-0.2, 0) is 27.2 Å². The number of hydrogen-bond acceptors (Lipinski definition) is 4. The largest absolute Gasteiger partial charge is 0.479 e. The lowest BCUT2D eigenvalue weighted by atomic mass is 10.1. The number of hydrogen-bond donors (Lipinski definition) is 1. The Hall–Kier alpha value is -2.97. The lowest BCUT2D eigenvalue weighted by Gasteiger charge is -2.17. The molecule has 0 saturated carbocycles. The lowest BCUT2D eigenvalue weighted by Crippen LogP contribution is -2.43. The third-order valence-corrected chi connectivity index (χ3v) is 4.07. The molecular weight excluding hydrogens is 366 g/mol. The van der Waals surface area contributed by atoms with Gasteiger partial charge in [0, 0.05) is 6.42 Å². The maximum absolute atomic E-state index is 12.4. The van der Waals surface area contributed by atoms with Gasteiger partial charge in [0.15, 0.2) is 0 Å². The lowest BCUT2D eigenvalue weighted by molar-refractivity contribution is -0.145. The molecule has 0 radical (unpaired) electrons. The van der Waals surface area contributed by atoms with Crippen molar-refractivity contribution in [3.05, 3.63) is 64.7 Å². The second-order valence-corrected chi connectivity index (χ2v) is 6.17. The van der Waals surface area contributed by atoms with Gasteiger partial charge in [-0.05, 0) is 23.3 Å². The van der Waals surface area contributed by atoms with Crippen LogP contribution in [0.1, 0.15) is 11.1 Å². The van der Waals surface area contributed by atoms with Crippen molar-refractivity contribution < 1.29 is 19.1 Å². The molecule has 1 amide bonds. The molecule has 0 spiro atoms. The van der Waals surface area contributed by atoms with E-state index in [9.17, 15) is 9.59 Å². The fourth-order valence-electron chi connectivity index (χ4n) is 2.51. The van der Waals surface area contributed by atoms with Crippen molar-refractivity contribution in [3.63, 3.8) is 0 Å². The van der Waals surface area contributed by atoms with E-state index < -0.39 is 12.0 Å². The van der Waals surface area contributed by atoms with Crippen molar-refractivity contribution in [2.75, 3.05) is 13.7 Å². The molecule has 5 nitrogen and oxygen atoms in total. The van der Waals surface area contributed by atoms with Gasteiger partial charge in [-0.15, -0.1) is 6.42 Å². The number of carbonyl (C=O) groups is 2. The summed E-state index contributed by atoms with van der Waals surface area (Å²) in [7, 11) is 1.29. The average molecular weight is 386 g/mol. The number of amides is 1. The van der Waals surface area contributed by atoms with E-state index >= 15 is 0 Å². The van der Waals surface area contributed by atoms with Crippen LogP contribution in [0.15, 0.2) is 48.5 Å². The SMILES string of the molecule is C#CCOc1ccc(CC(=O)N[C@@H](Cc2ccccc2)C(=O)OC)cc1Cl. The van der Waals surface area contributed by atoms with Gasteiger partial charge in [-0.25, -0.2) is 4.79 Å². The molecule has 0 fully saturated rings. The molecule has 2 aromatic carbocycles. The summed E-state index contributed by atoms with van der Waals surface area (Å²) in [5.41, 5.74) is 1.61. The predicted octanol–water partition coefficient (Wildman–Crippen LogP) is 2.80. The molecule has 27 heavy (non-hydrogen) atoms. The summed E-state index contributed by atoms with van der Waals surface area (Å²) in [6.07, 6.45) is 5.56. The second-order valence-electron chi connectivity index (χ2n) is 5.77. The molecular formula is C21H20ClNO4. The molecule has 0 heterocycles. The number of benzene rings is 2. The third-order valence-electron chi connectivity index (χ3n) is 3.78. The molecule has 1 atom stereocenters. The smallest absolute Gasteiger partial charge is 0.328 e. The van der Waals surface area contributed by atoms with Gasteiger partial charge in [0.2, 0.25) is 5.91 Å². The normalized spacial score (nSPS) is 11.1. The van der Waals surface area contributed by atoms with E-state index in [1.54, 1.807) is 18.2 Å². The maximum atomic E-state index is 12.4. The van der Waals surface area contributed by atoms with Gasteiger partial charge < -0.3 is 14.8 Å². The Morgan fingerprint density at radius 2 is 1.93 bits per heavy atom. The fourth-order valence-corrected chi connectivity index (χ4v) is 2.76. The van der Waals surface area contributed by atoms with Crippen molar-refractivity contribution in [1.82, 2.24) is 5.32 Å². The summed E-state index contributed by atoms with van der Waals surface area (Å²) in [6, 6.07) is 13.7. The summed E-state index contributed by atoms with van der Waals surface area (Å²) in [4.78, 5) is 24.4. The van der Waals surface area contributed by atoms with Gasteiger partial charge in [-0.3, -0.25) is 4.79 Å². The highest BCUT2D eigenvalue weighted by molar-refractivity contribution is 6.32. The average Bonchev–Trinajstić information content (AvgIpc) is 2.67. The Balaban J connectivity index is 2.01. The molecule has 0 unspecified atom stereocenters. The van der Waals surface area contributed by atoms with Gasteiger partial charge in [-0.1, -0.05) is 53.9 Å². The molecule has 0 aliphatic rings. The van der Waals surface area contributed by atoms with Crippen molar-refractivity contribution in [1.29, 1.82) is 0 Å². The molecule has 0 bridgehead atoms. The first-order chi connectivity index (χ1) is 13.0. The Morgan fingerprint density at radius 3 is 2.56 bits per heavy atom. The number of halogens is 1. The van der Waals surface area contributed by atoms with Gasteiger partial charge in [-0.2, -0.15) is 0 Å². The second kappa shape index (κ2) is 10.2. The van der Waals surface area contributed by atoms with E-state index in [4.69, 9.17) is 27.5 Å². The molecule has 0 aliphatic heterocycles. The maximum Gasteiger partial charge on any atom is 0.328 e. The minimum Gasteiger partial charge on any atom is -0.479 e. The topological polar surface area (TPSA) is 64.6 Å². The molecule has 0 aromatic heterocycles. The highest BCUT2D eigenvalue weighted by atomic mass is 35.5. The number of esters is 1. The van der Waals surface area contributed by atoms with E-state index in [-0.39, 0.29) is 18.9 Å². The van der Waals surface area contributed by atoms with Crippen molar-refractivity contribution >= 4 is 23.5 Å². The van der Waals surface area contributed by atoms with Crippen LogP contribution in [0.2, 0.25) is 5.02 Å². The van der Waals surface area contributed by atoms with E-state index in [0.29, 0.717) is 22.8 Å². The van der Waals surface area contributed by atoms with Crippen LogP contribution in [0, 0.1) is 12.3 Å². The monoisotopic (exact) mass is 385 g/mol. The minimum absolute atomic E-state index is 0.0669. The minimum atomic E-state index is -0.765. The van der Waals surface area contributed by atoms with Gasteiger partial charge in [0.05, 0.1) is 18.6 Å². The van der Waals surface area contributed by atoms with E-state index in [1.807, 2.05) is 30.3 Å². The van der Waals surface area contributed by atoms with Crippen LogP contribution in [0.25, 0.3) is 0 Å². The number of ether oxygens (including phenoxy) is 2. The predicted molar refractivity (Wildman–Crippen MR) is 104 cm³/mol. The summed E-state index contributed by atoms with van der Waals surface area (Å²) < 4.78 is 10.1. The molecule has 0 aliphatic carbocycles. The Labute approximate surface area is 163 Å². The van der Waals surface area contributed by atoms with Crippen LogP contribution in [0.3, 0.4) is 0 Å². The number of carbonyl (C=O) groups excluding carboxylic acids is 2. The van der Waals surface area contributed by atoms with Crippen molar-refractivity contribution in [3.8, 4) is 18.1 Å². The van der Waals surface area contributed by atoms with Gasteiger partial charge >= 0.3 is 5.97 Å². The number of methoxy groups -OCH3 is 1. The van der Waals surface area contributed by atoms with Crippen LogP contribution >= 0.6 is 11.6 Å². The van der Waals surface area contributed by atoms with Crippen LogP contribution in [-0.4, -0.2) is 31.6 Å². The zero-order valence-electron chi connectivity index (χ0n) is 14.9. The highest BCUT2D eigenvalue weighted by Crippen LogP contribution is 2.25. The summed E-state index contributed by atoms with van der Waals surface area (Å²) in [6.45, 7) is 0.111. The summed E-state index contributed by atoms with van der Waals surface area (Å²) >= 11 is 6.14. The first-order valence-corrected chi connectivity index (χ1v) is 8.67. The molecule has 1 N–H and O–H groups in total. The van der Waals surface area contributed by atoms with E-state index in [2.05, 4.69) is 11.2 Å². The van der Waals surface area contributed by atoms with E-state index in [0.717, 1.165) is 5.56 Å². The summed E-state index contributed by atoms with van der Waals surface area (Å²) in [5.74, 6) is 2.01. The Kier molecular flexibility index (Phi) is 7.72. The van der Waals surface area contributed by atoms with Gasteiger partial charge in [0.1, 0.15) is 18.4 Å². The van der Waals surface area contributed by atoms with Crippen LogP contribution in [0.4, 0.5) is 0 Å². The Morgan fingerprint density at radius 1 is 1.19 bits per heavy atom. The zero-order valence-corrected chi connectivity index (χ0v) is 15.7. The third kappa shape index (κ3) is 6.36. The highest BCUT2D eigenvalue weighted by Gasteiger charge is 2.22. The molecule has 140 valence electrons. The fraction of sp³-hybridized carbons (Fsp3) is 0.238. The Bertz CT molecular complexity index is 830. The molecule has 0 saturated heterocycles. The first kappa shape index (κ1) is 20.3. The number of terminal acetylenes is 1. The first-order valence-electron chi connectivity index (χ1n) is 8.29. The molecule has 2 rings (SSSR count). The molecule has 6 heteroatoms. The van der Waals surface area contributed by atoms with Crippen LogP contribution < -0.4 is 10.1 Å². The number of nitrogens with one attached hydrogen (secondary N) is 1. The standard InChI is InChI=1S/C21H20ClNO4/c1-3-11-27-19-10-9-16(12-17(19)22)14-20(24)23-18(21(25)26-2)13-15-7-5-4-6-8-15/h1,4-10,12,18H,11,13-14H2,2H3,(H,23,24)/t18-/m0/s1. The molecule has 2 aromatic rings. The van der Waals surface area contributed by atoms with Crippen molar-refractivity contribution in [2.24, 2.45) is 0 Å². The quantitative estimate of drug-likeness (QED) is 0.560. The van der Waals surface area contributed by atoms with E-state index in [1.165, 1.54) is 7.11 Å². The van der Waals surface area contributed by atoms with Crippen molar-refractivity contribution in [2.45, 2.75) is 18.9 Å². The zero-order chi connectivity index (χ0) is 19.6. The van der Waals surface area contributed by atoms with Gasteiger partial charge in [0.25, 0.3) is 0 Å². The summed E-state index contributed by atoms with van der Waals surface area (Å²) in [5, 5.41) is 3.08.